The number of esters is 1. The van der Waals surface area contributed by atoms with Crippen LogP contribution in [0.3, 0.4) is 0 Å². The number of likely N-dealkylation sites (tertiary alicyclic amines) is 1. The Balaban J connectivity index is 1.58. The summed E-state index contributed by atoms with van der Waals surface area (Å²) in [6.45, 7) is 7.98. The number of nitrogens with zero attached hydrogens (tertiary/aromatic N) is 1. The number of fused-ring (bicyclic) bond motifs is 1. The summed E-state index contributed by atoms with van der Waals surface area (Å²) in [4.78, 5) is 26.7. The number of ether oxygens (including phenoxy) is 3. The van der Waals surface area contributed by atoms with Crippen LogP contribution in [0.5, 0.6) is 5.75 Å². The molecule has 2 fully saturated rings. The molecule has 1 saturated carbocycles. The van der Waals surface area contributed by atoms with Crippen molar-refractivity contribution in [1.82, 2.24) is 10.2 Å². The highest BCUT2D eigenvalue weighted by Gasteiger charge is 2.59. The average molecular weight is 493 g/mol. The fourth-order valence-electron chi connectivity index (χ4n) is 6.01. The SMILES string of the molecule is C=CCN1CC[C@@]2(c3cccc(OC(C)=O)c3)C[C@@H](NC(=O)OCc3ccccc3)CC[C@]2(OC)C1. The Morgan fingerprint density at radius 2 is 1.97 bits per heavy atom. The van der Waals surface area contributed by atoms with Gasteiger partial charge in [0, 0.05) is 38.6 Å². The van der Waals surface area contributed by atoms with Crippen LogP contribution in [0.1, 0.15) is 43.7 Å². The van der Waals surface area contributed by atoms with E-state index in [2.05, 4.69) is 22.9 Å². The monoisotopic (exact) mass is 492 g/mol. The summed E-state index contributed by atoms with van der Waals surface area (Å²) in [5, 5.41) is 3.11. The number of hydrogen-bond donors (Lipinski definition) is 1. The van der Waals surface area contributed by atoms with Gasteiger partial charge >= 0.3 is 12.1 Å². The summed E-state index contributed by atoms with van der Waals surface area (Å²) < 4.78 is 17.3. The van der Waals surface area contributed by atoms with E-state index in [1.807, 2.05) is 48.5 Å². The highest BCUT2D eigenvalue weighted by Crippen LogP contribution is 2.53. The molecule has 1 heterocycles. The van der Waals surface area contributed by atoms with Crippen LogP contribution in [0.4, 0.5) is 4.79 Å². The van der Waals surface area contributed by atoms with Crippen molar-refractivity contribution >= 4 is 12.1 Å². The van der Waals surface area contributed by atoms with Crippen molar-refractivity contribution in [1.29, 1.82) is 0 Å². The zero-order valence-electron chi connectivity index (χ0n) is 21.2. The van der Waals surface area contributed by atoms with Crippen LogP contribution in [0.25, 0.3) is 0 Å². The molecule has 0 spiro atoms. The molecule has 2 aromatic rings. The lowest BCUT2D eigenvalue weighted by Crippen LogP contribution is -2.68. The summed E-state index contributed by atoms with van der Waals surface area (Å²) >= 11 is 0. The number of alkyl carbamates (subject to hydrolysis) is 1. The molecule has 2 aliphatic rings. The van der Waals surface area contributed by atoms with E-state index in [4.69, 9.17) is 14.2 Å². The Hall–Kier alpha value is -3.16. The fraction of sp³-hybridized carbons (Fsp3) is 0.448. The second kappa shape index (κ2) is 11.3. The van der Waals surface area contributed by atoms with Gasteiger partial charge in [-0.05, 0) is 55.5 Å². The predicted molar refractivity (Wildman–Crippen MR) is 138 cm³/mol. The zero-order chi connectivity index (χ0) is 25.6. The molecule has 192 valence electrons. The molecule has 1 amide bonds. The molecule has 1 aliphatic carbocycles. The molecule has 4 rings (SSSR count). The Bertz CT molecular complexity index is 1070. The third-order valence-corrected chi connectivity index (χ3v) is 7.66. The van der Waals surface area contributed by atoms with E-state index in [0.29, 0.717) is 12.2 Å². The number of amides is 1. The first kappa shape index (κ1) is 25.9. The lowest BCUT2D eigenvalue weighted by atomic mass is 9.55. The predicted octanol–water partition coefficient (Wildman–Crippen LogP) is 4.61. The van der Waals surface area contributed by atoms with Gasteiger partial charge in [-0.15, -0.1) is 6.58 Å². The van der Waals surface area contributed by atoms with Crippen LogP contribution in [-0.4, -0.2) is 55.3 Å². The Morgan fingerprint density at radius 3 is 2.69 bits per heavy atom. The number of rotatable bonds is 8. The van der Waals surface area contributed by atoms with E-state index in [-0.39, 0.29) is 24.0 Å². The van der Waals surface area contributed by atoms with Crippen molar-refractivity contribution in [3.8, 4) is 5.75 Å². The standard InChI is InChI=1S/C29H36N2O5/c1-4-16-31-17-15-28(24-11-8-12-26(18-24)36-22(2)32)19-25(13-14-29(28,21-31)34-3)30-27(33)35-20-23-9-6-5-7-10-23/h4-12,18,25H,1,13-17,19-21H2,2-3H3,(H,30,33)/t25-,28-,29-/m0/s1. The first-order valence-corrected chi connectivity index (χ1v) is 12.5. The van der Waals surface area contributed by atoms with Crippen LogP contribution in [0.2, 0.25) is 0 Å². The van der Waals surface area contributed by atoms with Crippen molar-refractivity contribution in [2.75, 3.05) is 26.7 Å². The summed E-state index contributed by atoms with van der Waals surface area (Å²) in [6.07, 6.45) is 4.61. The normalized spacial score (nSPS) is 25.9. The van der Waals surface area contributed by atoms with Gasteiger partial charge in [-0.3, -0.25) is 9.69 Å². The van der Waals surface area contributed by atoms with Gasteiger partial charge in [-0.1, -0.05) is 48.5 Å². The quantitative estimate of drug-likeness (QED) is 0.330. The third kappa shape index (κ3) is 5.47. The molecule has 7 nitrogen and oxygen atoms in total. The first-order valence-electron chi connectivity index (χ1n) is 12.5. The van der Waals surface area contributed by atoms with Gasteiger partial charge in [0.05, 0.1) is 5.60 Å². The molecule has 3 atom stereocenters. The molecule has 1 saturated heterocycles. The molecule has 7 heteroatoms. The van der Waals surface area contributed by atoms with Gasteiger partial charge in [0.15, 0.2) is 0 Å². The maximum Gasteiger partial charge on any atom is 0.407 e. The van der Waals surface area contributed by atoms with E-state index in [9.17, 15) is 9.59 Å². The smallest absolute Gasteiger partial charge is 0.407 e. The van der Waals surface area contributed by atoms with Crippen molar-refractivity contribution in [2.24, 2.45) is 0 Å². The minimum atomic E-state index is -0.449. The minimum absolute atomic E-state index is 0.0696. The number of hydrogen-bond acceptors (Lipinski definition) is 6. The molecule has 0 aromatic heterocycles. The first-order chi connectivity index (χ1) is 17.4. The van der Waals surface area contributed by atoms with Crippen LogP contribution in [-0.2, 0) is 26.3 Å². The number of methoxy groups -OCH3 is 1. The molecule has 0 radical (unpaired) electrons. The maximum atomic E-state index is 12.7. The largest absolute Gasteiger partial charge is 0.445 e. The van der Waals surface area contributed by atoms with Crippen molar-refractivity contribution < 1.29 is 23.8 Å². The summed E-state index contributed by atoms with van der Waals surface area (Å²) in [5.74, 6) is 0.165. The van der Waals surface area contributed by atoms with Crippen molar-refractivity contribution in [2.45, 2.75) is 56.3 Å². The molecule has 36 heavy (non-hydrogen) atoms. The molecular weight excluding hydrogens is 456 g/mol. The number of carbonyl (C=O) groups is 2. The number of benzene rings is 2. The van der Waals surface area contributed by atoms with Gasteiger partial charge < -0.3 is 19.5 Å². The second-order valence-electron chi connectivity index (χ2n) is 9.82. The third-order valence-electron chi connectivity index (χ3n) is 7.66. The van der Waals surface area contributed by atoms with Crippen LogP contribution in [0.15, 0.2) is 67.3 Å². The highest BCUT2D eigenvalue weighted by molar-refractivity contribution is 5.69. The van der Waals surface area contributed by atoms with E-state index < -0.39 is 11.7 Å². The topological polar surface area (TPSA) is 77.1 Å². The molecular formula is C29H36N2O5. The van der Waals surface area contributed by atoms with E-state index in [0.717, 1.165) is 50.0 Å². The van der Waals surface area contributed by atoms with Crippen LogP contribution >= 0.6 is 0 Å². The van der Waals surface area contributed by atoms with Gasteiger partial charge in [-0.25, -0.2) is 4.79 Å². The van der Waals surface area contributed by atoms with Crippen LogP contribution < -0.4 is 10.1 Å². The van der Waals surface area contributed by atoms with Crippen molar-refractivity contribution in [3.05, 3.63) is 78.4 Å². The van der Waals surface area contributed by atoms with E-state index in [1.165, 1.54) is 6.92 Å². The number of carbonyl (C=O) groups excluding carboxylic acids is 2. The van der Waals surface area contributed by atoms with Gasteiger partial charge in [0.2, 0.25) is 0 Å². The van der Waals surface area contributed by atoms with Gasteiger partial charge in [-0.2, -0.15) is 0 Å². The summed E-state index contributed by atoms with van der Waals surface area (Å²) in [6, 6.07) is 17.3. The Kier molecular flexibility index (Phi) is 8.11. The lowest BCUT2D eigenvalue weighted by Gasteiger charge is -2.59. The lowest BCUT2D eigenvalue weighted by molar-refractivity contribution is -0.147. The number of piperidine rings is 1. The molecule has 1 N–H and O–H groups in total. The van der Waals surface area contributed by atoms with Crippen molar-refractivity contribution in [3.63, 3.8) is 0 Å². The molecule has 2 aromatic carbocycles. The number of nitrogens with one attached hydrogen (secondary N) is 1. The van der Waals surface area contributed by atoms with Gasteiger partial charge in [0.1, 0.15) is 12.4 Å². The molecule has 0 bridgehead atoms. The van der Waals surface area contributed by atoms with E-state index in [1.54, 1.807) is 13.2 Å². The van der Waals surface area contributed by atoms with Crippen LogP contribution in [0, 0.1) is 0 Å². The maximum absolute atomic E-state index is 12.7. The fourth-order valence-corrected chi connectivity index (χ4v) is 6.01. The Morgan fingerprint density at radius 1 is 1.17 bits per heavy atom. The molecule has 1 aliphatic heterocycles. The summed E-state index contributed by atoms with van der Waals surface area (Å²) in [5.41, 5.74) is 1.19. The summed E-state index contributed by atoms with van der Waals surface area (Å²) in [7, 11) is 1.78. The van der Waals surface area contributed by atoms with Gasteiger partial charge in [0.25, 0.3) is 0 Å². The zero-order valence-corrected chi connectivity index (χ0v) is 21.2. The average Bonchev–Trinajstić information content (AvgIpc) is 2.88. The second-order valence-corrected chi connectivity index (χ2v) is 9.82. The minimum Gasteiger partial charge on any atom is -0.445 e. The Labute approximate surface area is 213 Å². The molecule has 0 unspecified atom stereocenters. The highest BCUT2D eigenvalue weighted by atomic mass is 16.5. The van der Waals surface area contributed by atoms with E-state index >= 15 is 0 Å².